The maximum Gasteiger partial charge on any atom is 0.254 e. The van der Waals surface area contributed by atoms with Gasteiger partial charge in [0.15, 0.2) is 0 Å². The molecule has 0 spiro atoms. The number of nitrogens with two attached hydrogens (primary N) is 1. The van der Waals surface area contributed by atoms with Gasteiger partial charge in [0.2, 0.25) is 10.0 Å². The first-order chi connectivity index (χ1) is 10.8. The highest BCUT2D eigenvalue weighted by Crippen LogP contribution is 2.33. The molecule has 0 bridgehead atoms. The average molecular weight is 354 g/mol. The molecule has 23 heavy (non-hydrogen) atoms. The Morgan fingerprint density at radius 1 is 1.39 bits per heavy atom. The van der Waals surface area contributed by atoms with Crippen molar-refractivity contribution in [1.82, 2.24) is 4.90 Å². The number of fused-ring (bicyclic) bond motifs is 1. The Balaban J connectivity index is 1.96. The number of carbonyl (C=O) groups excluding carboxylic acids is 1. The van der Waals surface area contributed by atoms with Gasteiger partial charge in [0, 0.05) is 17.0 Å². The van der Waals surface area contributed by atoms with Crippen molar-refractivity contribution >= 4 is 27.3 Å². The SMILES string of the molecule is CC1c2ccsc2CCN1C(=O)c1ccc(F)c(S(N)(=O)=O)c1. The lowest BCUT2D eigenvalue weighted by molar-refractivity contribution is 0.0679. The Labute approximate surface area is 137 Å². The average Bonchev–Trinajstić information content (AvgIpc) is 2.95. The second kappa shape index (κ2) is 5.70. The Bertz CT molecular complexity index is 877. The minimum Gasteiger partial charge on any atom is -0.331 e. The van der Waals surface area contributed by atoms with Gasteiger partial charge in [0.25, 0.3) is 5.91 Å². The van der Waals surface area contributed by atoms with Crippen LogP contribution >= 0.6 is 11.3 Å². The molecule has 1 unspecified atom stereocenters. The lowest BCUT2D eigenvalue weighted by Crippen LogP contribution is -2.38. The lowest BCUT2D eigenvalue weighted by atomic mass is 10.0. The van der Waals surface area contributed by atoms with Gasteiger partial charge < -0.3 is 4.90 Å². The Morgan fingerprint density at radius 3 is 2.83 bits per heavy atom. The maximum absolute atomic E-state index is 13.6. The van der Waals surface area contributed by atoms with E-state index < -0.39 is 20.7 Å². The number of carbonyl (C=O) groups is 1. The first kappa shape index (κ1) is 16.1. The standard InChI is InChI=1S/C15H15FN2O3S2/c1-9-11-5-7-22-13(11)4-6-18(9)15(19)10-2-3-12(16)14(8-10)23(17,20)21/h2-3,5,7-9H,4,6H2,1H3,(H2,17,20,21). The number of sulfonamides is 1. The van der Waals surface area contributed by atoms with E-state index in [0.29, 0.717) is 6.54 Å². The van der Waals surface area contributed by atoms with Crippen LogP contribution in [0.15, 0.2) is 34.5 Å². The van der Waals surface area contributed by atoms with Gasteiger partial charge in [-0.3, -0.25) is 4.79 Å². The summed E-state index contributed by atoms with van der Waals surface area (Å²) in [7, 11) is -4.22. The molecule has 5 nitrogen and oxygen atoms in total. The summed E-state index contributed by atoms with van der Waals surface area (Å²) in [6.45, 7) is 2.46. The van der Waals surface area contributed by atoms with E-state index in [2.05, 4.69) is 0 Å². The van der Waals surface area contributed by atoms with Crippen molar-refractivity contribution in [3.63, 3.8) is 0 Å². The molecule has 2 heterocycles. The summed E-state index contributed by atoms with van der Waals surface area (Å²) >= 11 is 1.66. The van der Waals surface area contributed by atoms with Crippen molar-refractivity contribution in [2.45, 2.75) is 24.3 Å². The van der Waals surface area contributed by atoms with E-state index >= 15 is 0 Å². The molecule has 2 N–H and O–H groups in total. The smallest absolute Gasteiger partial charge is 0.254 e. The zero-order chi connectivity index (χ0) is 16.8. The van der Waals surface area contributed by atoms with E-state index in [1.807, 2.05) is 18.4 Å². The highest BCUT2D eigenvalue weighted by atomic mass is 32.2. The van der Waals surface area contributed by atoms with E-state index in [1.54, 1.807) is 16.2 Å². The van der Waals surface area contributed by atoms with Crippen LogP contribution < -0.4 is 5.14 Å². The van der Waals surface area contributed by atoms with Crippen molar-refractivity contribution in [3.05, 3.63) is 51.5 Å². The van der Waals surface area contributed by atoms with Crippen LogP contribution in [0.3, 0.4) is 0 Å². The molecule has 0 fully saturated rings. The summed E-state index contributed by atoms with van der Waals surface area (Å²) in [6, 6.07) is 5.12. The predicted molar refractivity (Wildman–Crippen MR) is 85.2 cm³/mol. The predicted octanol–water partition coefficient (Wildman–Crippen LogP) is 2.29. The molecule has 1 atom stereocenters. The Hall–Kier alpha value is -1.77. The fourth-order valence-corrected chi connectivity index (χ4v) is 4.40. The molecule has 0 saturated carbocycles. The first-order valence-electron chi connectivity index (χ1n) is 6.98. The maximum atomic E-state index is 13.6. The van der Waals surface area contributed by atoms with Gasteiger partial charge in [-0.25, -0.2) is 17.9 Å². The third kappa shape index (κ3) is 2.89. The van der Waals surface area contributed by atoms with Gasteiger partial charge in [-0.15, -0.1) is 11.3 Å². The highest BCUT2D eigenvalue weighted by Gasteiger charge is 2.29. The van der Waals surface area contributed by atoms with Gasteiger partial charge in [0.1, 0.15) is 10.7 Å². The third-order valence-electron chi connectivity index (χ3n) is 4.02. The van der Waals surface area contributed by atoms with Crippen molar-refractivity contribution in [2.24, 2.45) is 5.14 Å². The first-order valence-corrected chi connectivity index (χ1v) is 9.41. The number of rotatable bonds is 2. The molecule has 1 aromatic carbocycles. The van der Waals surface area contributed by atoms with E-state index in [0.717, 1.165) is 24.1 Å². The fraction of sp³-hybridized carbons (Fsp3) is 0.267. The van der Waals surface area contributed by atoms with Crippen LogP contribution in [0.2, 0.25) is 0 Å². The van der Waals surface area contributed by atoms with E-state index in [4.69, 9.17) is 5.14 Å². The zero-order valence-electron chi connectivity index (χ0n) is 12.3. The molecule has 1 aliphatic heterocycles. The molecule has 0 radical (unpaired) electrons. The van der Waals surface area contributed by atoms with Gasteiger partial charge >= 0.3 is 0 Å². The molecular formula is C15H15FN2O3S2. The number of nitrogens with zero attached hydrogens (tertiary/aromatic N) is 1. The zero-order valence-corrected chi connectivity index (χ0v) is 14.0. The minimum absolute atomic E-state index is 0.111. The Kier molecular flexibility index (Phi) is 3.99. The van der Waals surface area contributed by atoms with Crippen LogP contribution in [-0.2, 0) is 16.4 Å². The quantitative estimate of drug-likeness (QED) is 0.898. The summed E-state index contributed by atoms with van der Waals surface area (Å²) in [5, 5.41) is 6.98. The van der Waals surface area contributed by atoms with Crippen molar-refractivity contribution in [3.8, 4) is 0 Å². The molecule has 3 rings (SSSR count). The molecule has 1 aromatic heterocycles. The van der Waals surface area contributed by atoms with Crippen LogP contribution in [0.5, 0.6) is 0 Å². The summed E-state index contributed by atoms with van der Waals surface area (Å²) in [6.07, 6.45) is 0.756. The van der Waals surface area contributed by atoms with Gasteiger partial charge in [-0.2, -0.15) is 0 Å². The molecular weight excluding hydrogens is 339 g/mol. The second-order valence-corrected chi connectivity index (χ2v) is 7.94. The summed E-state index contributed by atoms with van der Waals surface area (Å²) < 4.78 is 36.4. The number of hydrogen-bond acceptors (Lipinski definition) is 4. The van der Waals surface area contributed by atoms with Gasteiger partial charge in [-0.1, -0.05) is 0 Å². The topological polar surface area (TPSA) is 80.5 Å². The number of benzene rings is 1. The molecule has 2 aromatic rings. The molecule has 1 amide bonds. The monoisotopic (exact) mass is 354 g/mol. The van der Waals surface area contributed by atoms with E-state index in [9.17, 15) is 17.6 Å². The van der Waals surface area contributed by atoms with Crippen LogP contribution in [0.1, 0.15) is 33.8 Å². The largest absolute Gasteiger partial charge is 0.331 e. The van der Waals surface area contributed by atoms with Crippen LogP contribution in [-0.4, -0.2) is 25.8 Å². The summed E-state index contributed by atoms with van der Waals surface area (Å²) in [5.41, 5.74) is 1.21. The number of amides is 1. The van der Waals surface area contributed by atoms with Gasteiger partial charge in [0.05, 0.1) is 6.04 Å². The minimum atomic E-state index is -4.22. The summed E-state index contributed by atoms with van der Waals surface area (Å²) in [5.74, 6) is -1.30. The van der Waals surface area contributed by atoms with Crippen LogP contribution in [0.4, 0.5) is 4.39 Å². The molecule has 0 aliphatic carbocycles. The number of primary sulfonamides is 1. The second-order valence-electron chi connectivity index (χ2n) is 5.41. The number of thiophene rings is 1. The molecule has 8 heteroatoms. The fourth-order valence-electron chi connectivity index (χ4n) is 2.81. The third-order valence-corrected chi connectivity index (χ3v) is 5.95. The van der Waals surface area contributed by atoms with Crippen molar-refractivity contribution in [2.75, 3.05) is 6.54 Å². The molecule has 0 saturated heterocycles. The van der Waals surface area contributed by atoms with Crippen LogP contribution in [0, 0.1) is 5.82 Å². The highest BCUT2D eigenvalue weighted by molar-refractivity contribution is 7.89. The molecule has 1 aliphatic rings. The lowest BCUT2D eigenvalue weighted by Gasteiger charge is -2.33. The number of hydrogen-bond donors (Lipinski definition) is 1. The summed E-state index contributed by atoms with van der Waals surface area (Å²) in [4.78, 5) is 15.0. The van der Waals surface area contributed by atoms with Crippen molar-refractivity contribution < 1.29 is 17.6 Å². The normalized spacial score (nSPS) is 17.9. The van der Waals surface area contributed by atoms with Gasteiger partial charge in [-0.05, 0) is 48.6 Å². The van der Waals surface area contributed by atoms with Crippen molar-refractivity contribution in [1.29, 1.82) is 0 Å². The van der Waals surface area contributed by atoms with E-state index in [1.165, 1.54) is 10.9 Å². The Morgan fingerprint density at radius 2 is 2.13 bits per heavy atom. The van der Waals surface area contributed by atoms with Crippen LogP contribution in [0.25, 0.3) is 0 Å². The van der Waals surface area contributed by atoms with E-state index in [-0.39, 0.29) is 17.5 Å². The molecule has 122 valence electrons. The number of halogens is 1.